The minimum atomic E-state index is -1.22. The van der Waals surface area contributed by atoms with E-state index in [0.717, 1.165) is 17.6 Å². The van der Waals surface area contributed by atoms with Crippen molar-refractivity contribution in [2.24, 2.45) is 0 Å². The van der Waals surface area contributed by atoms with E-state index < -0.39 is 11.9 Å². The van der Waals surface area contributed by atoms with Crippen LogP contribution in [0.15, 0.2) is 53.1 Å². The van der Waals surface area contributed by atoms with E-state index in [2.05, 4.69) is 18.2 Å². The fourth-order valence-corrected chi connectivity index (χ4v) is 3.58. The van der Waals surface area contributed by atoms with Gasteiger partial charge in [0.1, 0.15) is 0 Å². The van der Waals surface area contributed by atoms with Crippen molar-refractivity contribution >= 4 is 11.9 Å². The molecule has 1 fully saturated rings. The first-order valence-corrected chi connectivity index (χ1v) is 8.72. The molecule has 4 heteroatoms. The van der Waals surface area contributed by atoms with Crippen LogP contribution >= 0.6 is 0 Å². The van der Waals surface area contributed by atoms with Crippen LogP contribution in [0.2, 0.25) is 0 Å². The molecular formula is C21H22O4. The second-order valence-electron chi connectivity index (χ2n) is 6.67. The molecule has 2 aliphatic carbocycles. The highest BCUT2D eigenvalue weighted by molar-refractivity contribution is 6.01. The third-order valence-corrected chi connectivity index (χ3v) is 4.95. The lowest BCUT2D eigenvalue weighted by atomic mass is 9.87. The average molecular weight is 338 g/mol. The van der Waals surface area contributed by atoms with Gasteiger partial charge in [0.2, 0.25) is 0 Å². The van der Waals surface area contributed by atoms with Crippen LogP contribution in [0.1, 0.15) is 64.8 Å². The van der Waals surface area contributed by atoms with Gasteiger partial charge in [0.25, 0.3) is 0 Å². The van der Waals surface area contributed by atoms with Gasteiger partial charge >= 0.3 is 11.9 Å². The first kappa shape index (κ1) is 17.2. The minimum absolute atomic E-state index is 0.157. The summed E-state index contributed by atoms with van der Waals surface area (Å²) >= 11 is 0. The Hall–Kier alpha value is -2.62. The molecule has 1 aromatic rings. The number of hydrogen-bond donors (Lipinski definition) is 2. The summed E-state index contributed by atoms with van der Waals surface area (Å²) in [7, 11) is 0. The van der Waals surface area contributed by atoms with Crippen LogP contribution in [0, 0.1) is 0 Å². The van der Waals surface area contributed by atoms with Crippen molar-refractivity contribution in [3.05, 3.63) is 69.8 Å². The Bertz CT molecular complexity index is 788. The second-order valence-corrected chi connectivity index (χ2v) is 6.67. The van der Waals surface area contributed by atoms with Crippen molar-refractivity contribution in [1.29, 1.82) is 0 Å². The van der Waals surface area contributed by atoms with Crippen molar-refractivity contribution in [3.63, 3.8) is 0 Å². The predicted octanol–water partition coefficient (Wildman–Crippen LogP) is 4.77. The third kappa shape index (κ3) is 4.08. The van der Waals surface area contributed by atoms with E-state index in [0.29, 0.717) is 6.42 Å². The molecule has 0 aliphatic heterocycles. The quantitative estimate of drug-likeness (QED) is 0.829. The van der Waals surface area contributed by atoms with Gasteiger partial charge in [-0.2, -0.15) is 0 Å². The molecule has 2 N–H and O–H groups in total. The minimum Gasteiger partial charge on any atom is -0.478 e. The summed E-state index contributed by atoms with van der Waals surface area (Å²) in [5.74, 6) is -2.43. The van der Waals surface area contributed by atoms with E-state index in [1.807, 2.05) is 0 Å². The number of benzene rings is 1. The highest BCUT2D eigenvalue weighted by Gasteiger charge is 2.17. The summed E-state index contributed by atoms with van der Waals surface area (Å²) < 4.78 is 0. The zero-order valence-corrected chi connectivity index (χ0v) is 14.1. The van der Waals surface area contributed by atoms with Gasteiger partial charge in [0, 0.05) is 0 Å². The summed E-state index contributed by atoms with van der Waals surface area (Å²) in [6.45, 7) is 0. The molecule has 0 unspecified atom stereocenters. The zero-order chi connectivity index (χ0) is 17.8. The van der Waals surface area contributed by atoms with E-state index in [1.165, 1.54) is 49.8 Å². The second kappa shape index (κ2) is 7.51. The SMILES string of the molecule is O=C(O)c1ccc(CC2=CCC(=C3CCCCC3)C=C2)cc1C(=O)O. The van der Waals surface area contributed by atoms with Gasteiger partial charge in [-0.05, 0) is 67.4 Å². The molecule has 0 atom stereocenters. The smallest absolute Gasteiger partial charge is 0.336 e. The molecule has 130 valence electrons. The Balaban J connectivity index is 1.74. The van der Waals surface area contributed by atoms with Gasteiger partial charge in [0.15, 0.2) is 0 Å². The normalized spacial score (nSPS) is 17.4. The highest BCUT2D eigenvalue weighted by atomic mass is 16.4. The molecule has 4 nitrogen and oxygen atoms in total. The van der Waals surface area contributed by atoms with Crippen LogP contribution in [0.4, 0.5) is 0 Å². The molecule has 0 heterocycles. The first-order valence-electron chi connectivity index (χ1n) is 8.72. The lowest BCUT2D eigenvalue weighted by Crippen LogP contribution is -2.09. The summed E-state index contributed by atoms with van der Waals surface area (Å²) in [5.41, 5.74) is 4.63. The number of aromatic carboxylic acids is 2. The summed E-state index contributed by atoms with van der Waals surface area (Å²) in [6.07, 6.45) is 14.4. The highest BCUT2D eigenvalue weighted by Crippen LogP contribution is 2.30. The monoisotopic (exact) mass is 338 g/mol. The summed E-state index contributed by atoms with van der Waals surface area (Å²) in [6, 6.07) is 4.54. The van der Waals surface area contributed by atoms with Crippen LogP contribution < -0.4 is 0 Å². The number of carboxylic acid groups (broad SMARTS) is 2. The lowest BCUT2D eigenvalue weighted by molar-refractivity contribution is 0.0651. The van der Waals surface area contributed by atoms with Gasteiger partial charge in [-0.3, -0.25) is 0 Å². The Labute approximate surface area is 147 Å². The van der Waals surface area contributed by atoms with Gasteiger partial charge in [-0.1, -0.05) is 36.3 Å². The average Bonchev–Trinajstić information content (AvgIpc) is 2.63. The Morgan fingerprint density at radius 1 is 0.920 bits per heavy atom. The Morgan fingerprint density at radius 2 is 1.64 bits per heavy atom. The maximum atomic E-state index is 11.3. The lowest BCUT2D eigenvalue weighted by Gasteiger charge is -2.19. The Morgan fingerprint density at radius 3 is 2.24 bits per heavy atom. The number of carbonyl (C=O) groups is 2. The molecule has 0 spiro atoms. The number of allylic oxidation sites excluding steroid dienone is 6. The summed E-state index contributed by atoms with van der Waals surface area (Å²) in [4.78, 5) is 22.4. The predicted molar refractivity (Wildman–Crippen MR) is 96.0 cm³/mol. The van der Waals surface area contributed by atoms with Crippen molar-refractivity contribution in [3.8, 4) is 0 Å². The van der Waals surface area contributed by atoms with Gasteiger partial charge in [0.05, 0.1) is 11.1 Å². The van der Waals surface area contributed by atoms with Crippen LogP contribution in [-0.2, 0) is 6.42 Å². The molecule has 3 rings (SSSR count). The van der Waals surface area contributed by atoms with Gasteiger partial charge in [-0.25, -0.2) is 9.59 Å². The maximum absolute atomic E-state index is 11.3. The van der Waals surface area contributed by atoms with Crippen LogP contribution in [0.3, 0.4) is 0 Å². The Kier molecular flexibility index (Phi) is 5.17. The van der Waals surface area contributed by atoms with E-state index in [-0.39, 0.29) is 11.1 Å². The third-order valence-electron chi connectivity index (χ3n) is 4.95. The molecule has 0 aromatic heterocycles. The van der Waals surface area contributed by atoms with Crippen LogP contribution in [0.25, 0.3) is 0 Å². The van der Waals surface area contributed by atoms with Crippen LogP contribution in [0.5, 0.6) is 0 Å². The molecule has 25 heavy (non-hydrogen) atoms. The molecule has 0 amide bonds. The van der Waals surface area contributed by atoms with Crippen molar-refractivity contribution in [1.82, 2.24) is 0 Å². The molecule has 1 aromatic carbocycles. The fraction of sp³-hybridized carbons (Fsp3) is 0.333. The van der Waals surface area contributed by atoms with E-state index >= 15 is 0 Å². The van der Waals surface area contributed by atoms with Gasteiger partial charge in [-0.15, -0.1) is 0 Å². The van der Waals surface area contributed by atoms with Crippen molar-refractivity contribution < 1.29 is 19.8 Å². The number of rotatable bonds is 4. The maximum Gasteiger partial charge on any atom is 0.336 e. The van der Waals surface area contributed by atoms with E-state index in [9.17, 15) is 14.7 Å². The summed E-state index contributed by atoms with van der Waals surface area (Å²) in [5, 5.41) is 18.3. The first-order chi connectivity index (χ1) is 12.0. The van der Waals surface area contributed by atoms with E-state index in [1.54, 1.807) is 11.6 Å². The molecular weight excluding hydrogens is 316 g/mol. The number of carboxylic acids is 2. The van der Waals surface area contributed by atoms with Crippen LogP contribution in [-0.4, -0.2) is 22.2 Å². The fourth-order valence-electron chi connectivity index (χ4n) is 3.58. The number of hydrogen-bond acceptors (Lipinski definition) is 2. The topological polar surface area (TPSA) is 74.6 Å². The molecule has 0 saturated heterocycles. The van der Waals surface area contributed by atoms with Crippen molar-refractivity contribution in [2.45, 2.75) is 44.9 Å². The molecule has 2 aliphatic rings. The largest absolute Gasteiger partial charge is 0.478 e. The molecule has 1 saturated carbocycles. The zero-order valence-electron chi connectivity index (χ0n) is 14.1. The standard InChI is InChI=1S/C21H22O4/c22-20(23)18-11-8-15(13-19(18)21(24)25)12-14-6-9-17(10-7-14)16-4-2-1-3-5-16/h6-9,11,13H,1-5,10,12H2,(H,22,23)(H,24,25). The molecule has 0 bridgehead atoms. The van der Waals surface area contributed by atoms with Gasteiger partial charge < -0.3 is 10.2 Å². The molecule has 0 radical (unpaired) electrons. The van der Waals surface area contributed by atoms with E-state index in [4.69, 9.17) is 5.11 Å². The van der Waals surface area contributed by atoms with Crippen molar-refractivity contribution in [2.75, 3.05) is 0 Å².